The molecule has 0 radical (unpaired) electrons. The number of halogens is 2. The summed E-state index contributed by atoms with van der Waals surface area (Å²) < 4.78 is 8.81. The van der Waals surface area contributed by atoms with E-state index >= 15 is 0 Å². The van der Waals surface area contributed by atoms with Gasteiger partial charge in [-0.05, 0) is 37.4 Å². The molecule has 0 bridgehead atoms. The fraction of sp³-hybridized carbons (Fsp3) is 0.133. The summed E-state index contributed by atoms with van der Waals surface area (Å²) in [6, 6.07) is 11.3. The quantitative estimate of drug-likeness (QED) is 0.750. The van der Waals surface area contributed by atoms with Crippen LogP contribution < -0.4 is 10.1 Å². The van der Waals surface area contributed by atoms with Crippen LogP contribution in [0.25, 0.3) is 5.65 Å². The Morgan fingerprint density at radius 1 is 1.33 bits per heavy atom. The molecule has 2 heterocycles. The smallest absolute Gasteiger partial charge is 0.242 e. The van der Waals surface area contributed by atoms with Crippen LogP contribution >= 0.6 is 27.5 Å². The van der Waals surface area contributed by atoms with Crippen molar-refractivity contribution >= 4 is 33.2 Å². The van der Waals surface area contributed by atoms with Crippen molar-refractivity contribution in [3.8, 4) is 11.6 Å². The van der Waals surface area contributed by atoms with E-state index in [1.54, 1.807) is 6.07 Å². The lowest BCUT2D eigenvalue weighted by Gasteiger charge is -2.08. The number of fused-ring (bicyclic) bond motifs is 1. The standard InChI is InChI=1S/C15H13BrClN3O/c1-18-9-12-15(19-14-4-2-3-7-20(12)14)21-13-6-5-10(16)8-11(13)17/h2-8,18H,9H2,1H3. The normalized spacial score (nSPS) is 11.0. The second-order valence-electron chi connectivity index (χ2n) is 4.50. The molecule has 6 heteroatoms. The van der Waals surface area contributed by atoms with Crippen LogP contribution in [-0.4, -0.2) is 16.4 Å². The van der Waals surface area contributed by atoms with Gasteiger partial charge in [-0.3, -0.25) is 4.40 Å². The summed E-state index contributed by atoms with van der Waals surface area (Å²) in [6.07, 6.45) is 1.96. The number of aromatic nitrogens is 2. The number of hydrogen-bond acceptors (Lipinski definition) is 3. The summed E-state index contributed by atoms with van der Waals surface area (Å²) in [5.41, 5.74) is 1.79. The van der Waals surface area contributed by atoms with E-state index in [2.05, 4.69) is 26.2 Å². The third kappa shape index (κ3) is 2.90. The van der Waals surface area contributed by atoms with Gasteiger partial charge in [0, 0.05) is 17.2 Å². The highest BCUT2D eigenvalue weighted by atomic mass is 79.9. The summed E-state index contributed by atoms with van der Waals surface area (Å²) in [5.74, 6) is 1.14. The first-order valence-corrected chi connectivity index (χ1v) is 7.59. The predicted octanol–water partition coefficient (Wildman–Crippen LogP) is 4.26. The van der Waals surface area contributed by atoms with E-state index in [9.17, 15) is 0 Å². The molecule has 1 aromatic carbocycles. The van der Waals surface area contributed by atoms with Crippen molar-refractivity contribution in [2.45, 2.75) is 6.54 Å². The molecule has 2 aromatic heterocycles. The van der Waals surface area contributed by atoms with Crippen LogP contribution in [0.5, 0.6) is 11.6 Å². The van der Waals surface area contributed by atoms with Crippen molar-refractivity contribution in [1.29, 1.82) is 0 Å². The monoisotopic (exact) mass is 365 g/mol. The molecular weight excluding hydrogens is 354 g/mol. The van der Waals surface area contributed by atoms with E-state index in [0.717, 1.165) is 15.8 Å². The Bertz CT molecular complexity index is 788. The van der Waals surface area contributed by atoms with Crippen LogP contribution in [-0.2, 0) is 6.54 Å². The first-order chi connectivity index (χ1) is 10.2. The second kappa shape index (κ2) is 6.05. The van der Waals surface area contributed by atoms with Gasteiger partial charge in [-0.15, -0.1) is 0 Å². The number of ether oxygens (including phenoxy) is 1. The Morgan fingerprint density at radius 2 is 2.19 bits per heavy atom. The molecule has 0 amide bonds. The van der Waals surface area contributed by atoms with E-state index in [1.807, 2.05) is 48.0 Å². The van der Waals surface area contributed by atoms with Crippen LogP contribution in [0, 0.1) is 0 Å². The molecule has 3 aromatic rings. The number of benzene rings is 1. The molecule has 0 aliphatic carbocycles. The first kappa shape index (κ1) is 14.4. The van der Waals surface area contributed by atoms with Crippen molar-refractivity contribution in [1.82, 2.24) is 14.7 Å². The summed E-state index contributed by atoms with van der Waals surface area (Å²) in [5, 5.41) is 3.67. The maximum atomic E-state index is 6.20. The molecule has 0 saturated heterocycles. The molecule has 108 valence electrons. The molecule has 0 aliphatic rings. The fourth-order valence-corrected chi connectivity index (χ4v) is 2.81. The van der Waals surface area contributed by atoms with Crippen LogP contribution in [0.4, 0.5) is 0 Å². The molecule has 4 nitrogen and oxygen atoms in total. The minimum atomic E-state index is 0.539. The van der Waals surface area contributed by atoms with Crippen molar-refractivity contribution < 1.29 is 4.74 Å². The fourth-order valence-electron chi connectivity index (χ4n) is 2.10. The topological polar surface area (TPSA) is 38.6 Å². The summed E-state index contributed by atoms with van der Waals surface area (Å²) in [7, 11) is 1.89. The Morgan fingerprint density at radius 3 is 2.95 bits per heavy atom. The number of hydrogen-bond donors (Lipinski definition) is 1. The van der Waals surface area contributed by atoms with E-state index < -0.39 is 0 Å². The third-order valence-electron chi connectivity index (χ3n) is 3.04. The molecule has 0 saturated carbocycles. The number of nitrogens with one attached hydrogen (secondary N) is 1. The Balaban J connectivity index is 2.05. The van der Waals surface area contributed by atoms with Gasteiger partial charge < -0.3 is 10.1 Å². The van der Waals surface area contributed by atoms with Gasteiger partial charge >= 0.3 is 0 Å². The van der Waals surface area contributed by atoms with Gasteiger partial charge in [0.25, 0.3) is 0 Å². The zero-order valence-corrected chi connectivity index (χ0v) is 13.6. The largest absolute Gasteiger partial charge is 0.436 e. The lowest BCUT2D eigenvalue weighted by molar-refractivity contribution is 0.457. The maximum absolute atomic E-state index is 6.20. The van der Waals surface area contributed by atoms with Gasteiger partial charge in [0.1, 0.15) is 17.1 Å². The SMILES string of the molecule is CNCc1c(Oc2ccc(Br)cc2Cl)nc2ccccn12. The van der Waals surface area contributed by atoms with Crippen LogP contribution in [0.15, 0.2) is 47.1 Å². The zero-order chi connectivity index (χ0) is 14.8. The minimum absolute atomic E-state index is 0.539. The number of nitrogens with zero attached hydrogens (tertiary/aromatic N) is 2. The summed E-state index contributed by atoms with van der Waals surface area (Å²) >= 11 is 9.58. The average molecular weight is 367 g/mol. The van der Waals surface area contributed by atoms with Crippen molar-refractivity contribution in [3.63, 3.8) is 0 Å². The molecule has 21 heavy (non-hydrogen) atoms. The third-order valence-corrected chi connectivity index (χ3v) is 3.83. The van der Waals surface area contributed by atoms with E-state index in [1.165, 1.54) is 0 Å². The summed E-state index contributed by atoms with van der Waals surface area (Å²) in [6.45, 7) is 0.647. The second-order valence-corrected chi connectivity index (χ2v) is 5.82. The molecule has 0 atom stereocenters. The molecule has 0 fully saturated rings. The van der Waals surface area contributed by atoms with Crippen molar-refractivity contribution in [2.24, 2.45) is 0 Å². The molecule has 3 rings (SSSR count). The van der Waals surface area contributed by atoms with Gasteiger partial charge in [0.15, 0.2) is 0 Å². The zero-order valence-electron chi connectivity index (χ0n) is 11.3. The van der Waals surface area contributed by atoms with Crippen LogP contribution in [0.3, 0.4) is 0 Å². The number of rotatable bonds is 4. The lowest BCUT2D eigenvalue weighted by Crippen LogP contribution is -2.08. The number of imidazole rings is 1. The molecular formula is C15H13BrClN3O. The van der Waals surface area contributed by atoms with E-state index in [-0.39, 0.29) is 0 Å². The Labute approximate surface area is 135 Å². The van der Waals surface area contributed by atoms with Gasteiger partial charge in [-0.2, -0.15) is 4.98 Å². The highest BCUT2D eigenvalue weighted by molar-refractivity contribution is 9.10. The predicted molar refractivity (Wildman–Crippen MR) is 87.2 cm³/mol. The molecule has 0 spiro atoms. The average Bonchev–Trinajstić information content (AvgIpc) is 2.81. The van der Waals surface area contributed by atoms with Crippen LogP contribution in [0.2, 0.25) is 5.02 Å². The van der Waals surface area contributed by atoms with Gasteiger partial charge in [-0.1, -0.05) is 33.6 Å². The Kier molecular flexibility index (Phi) is 4.14. The first-order valence-electron chi connectivity index (χ1n) is 6.42. The van der Waals surface area contributed by atoms with E-state index in [0.29, 0.717) is 23.2 Å². The van der Waals surface area contributed by atoms with E-state index in [4.69, 9.17) is 16.3 Å². The van der Waals surface area contributed by atoms with Gasteiger partial charge in [0.2, 0.25) is 5.88 Å². The summed E-state index contributed by atoms with van der Waals surface area (Å²) in [4.78, 5) is 4.52. The molecule has 0 unspecified atom stereocenters. The molecule has 0 aliphatic heterocycles. The lowest BCUT2D eigenvalue weighted by atomic mass is 10.3. The van der Waals surface area contributed by atoms with Crippen molar-refractivity contribution in [2.75, 3.05) is 7.05 Å². The highest BCUT2D eigenvalue weighted by Gasteiger charge is 2.14. The highest BCUT2D eigenvalue weighted by Crippen LogP contribution is 2.33. The molecule has 1 N–H and O–H groups in total. The van der Waals surface area contributed by atoms with Crippen molar-refractivity contribution in [3.05, 3.63) is 57.8 Å². The van der Waals surface area contributed by atoms with Gasteiger partial charge in [-0.25, -0.2) is 0 Å². The number of pyridine rings is 1. The van der Waals surface area contributed by atoms with Gasteiger partial charge in [0.05, 0.1) is 5.02 Å². The Hall–Kier alpha value is -1.56. The maximum Gasteiger partial charge on any atom is 0.242 e. The van der Waals surface area contributed by atoms with Crippen LogP contribution in [0.1, 0.15) is 5.69 Å². The minimum Gasteiger partial charge on any atom is -0.436 e.